The van der Waals surface area contributed by atoms with Gasteiger partial charge in [0.15, 0.2) is 5.69 Å². The van der Waals surface area contributed by atoms with Crippen molar-refractivity contribution in [2.24, 2.45) is 5.18 Å². The molecule has 1 N–H and O–H groups in total. The van der Waals surface area contributed by atoms with E-state index in [2.05, 4.69) is 10.2 Å². The first kappa shape index (κ1) is 13.5. The first-order valence-corrected chi connectivity index (χ1v) is 7.05. The van der Waals surface area contributed by atoms with Crippen LogP contribution < -0.4 is 5.56 Å². The first-order chi connectivity index (χ1) is 11.1. The van der Waals surface area contributed by atoms with E-state index in [-0.39, 0.29) is 16.9 Å². The Labute approximate surface area is 133 Å². The highest BCUT2D eigenvalue weighted by atomic mass is 35.5. The van der Waals surface area contributed by atoms with E-state index in [1.807, 2.05) is 6.07 Å². The lowest BCUT2D eigenvalue weighted by molar-refractivity contribution is 1.15. The van der Waals surface area contributed by atoms with E-state index in [1.165, 1.54) is 4.40 Å². The average Bonchev–Trinajstić information content (AvgIpc) is 2.87. The number of H-pyrrole nitrogens is 1. The van der Waals surface area contributed by atoms with Crippen molar-refractivity contribution in [3.05, 3.63) is 62.2 Å². The summed E-state index contributed by atoms with van der Waals surface area (Å²) in [5.41, 5.74) is 1.52. The summed E-state index contributed by atoms with van der Waals surface area (Å²) in [6.45, 7) is 0. The fraction of sp³-hybridized carbons (Fsp3) is 0. The van der Waals surface area contributed by atoms with Crippen molar-refractivity contribution in [3.8, 4) is 6.07 Å². The molecule has 4 rings (SSSR count). The van der Waals surface area contributed by atoms with Crippen molar-refractivity contribution in [1.29, 1.82) is 5.26 Å². The zero-order valence-corrected chi connectivity index (χ0v) is 12.3. The van der Waals surface area contributed by atoms with Gasteiger partial charge in [0.05, 0.1) is 28.1 Å². The molecule has 6 nitrogen and oxygen atoms in total. The lowest BCUT2D eigenvalue weighted by Gasteiger charge is -2.02. The molecule has 7 heteroatoms. The van der Waals surface area contributed by atoms with Crippen molar-refractivity contribution < 1.29 is 0 Å². The van der Waals surface area contributed by atoms with Crippen molar-refractivity contribution in [2.45, 2.75) is 0 Å². The van der Waals surface area contributed by atoms with Crippen LogP contribution in [0.4, 0.5) is 5.69 Å². The number of nitriles is 1. The van der Waals surface area contributed by atoms with Gasteiger partial charge in [-0.2, -0.15) is 5.26 Å². The van der Waals surface area contributed by atoms with Crippen LogP contribution in [-0.2, 0) is 0 Å². The zero-order valence-electron chi connectivity index (χ0n) is 11.5. The molecule has 0 saturated heterocycles. The maximum Gasteiger partial charge on any atom is 0.266 e. The van der Waals surface area contributed by atoms with E-state index in [4.69, 9.17) is 16.9 Å². The molecule has 23 heavy (non-hydrogen) atoms. The highest BCUT2D eigenvalue weighted by Crippen LogP contribution is 2.33. The third-order valence-electron chi connectivity index (χ3n) is 3.83. The number of aromatic nitrogens is 2. The van der Waals surface area contributed by atoms with E-state index in [9.17, 15) is 9.70 Å². The highest BCUT2D eigenvalue weighted by Gasteiger charge is 2.17. The number of benzene rings is 2. The van der Waals surface area contributed by atoms with Crippen LogP contribution in [-0.4, -0.2) is 9.38 Å². The minimum atomic E-state index is -0.282. The number of aromatic amines is 1. The zero-order chi connectivity index (χ0) is 16.1. The fourth-order valence-corrected chi connectivity index (χ4v) is 2.99. The van der Waals surface area contributed by atoms with Gasteiger partial charge in [-0.15, -0.1) is 4.91 Å². The molecule has 0 atom stereocenters. The molecule has 0 unspecified atom stereocenters. The summed E-state index contributed by atoms with van der Waals surface area (Å²) < 4.78 is 1.39. The van der Waals surface area contributed by atoms with Gasteiger partial charge in [0, 0.05) is 10.4 Å². The van der Waals surface area contributed by atoms with Gasteiger partial charge in [-0.3, -0.25) is 9.20 Å². The van der Waals surface area contributed by atoms with Gasteiger partial charge in [-0.05, 0) is 41.6 Å². The molecule has 2 aromatic heterocycles. The molecule has 0 aliphatic heterocycles. The van der Waals surface area contributed by atoms with Gasteiger partial charge in [0.25, 0.3) is 5.56 Å². The van der Waals surface area contributed by atoms with Gasteiger partial charge in [0.2, 0.25) is 0 Å². The Balaban J connectivity index is 2.33. The van der Waals surface area contributed by atoms with E-state index in [0.717, 1.165) is 0 Å². The Morgan fingerprint density at radius 3 is 2.74 bits per heavy atom. The molecule has 0 bridgehead atoms. The number of rotatable bonds is 1. The number of fused-ring (bicyclic) bond motifs is 4. The summed E-state index contributed by atoms with van der Waals surface area (Å²) in [6, 6.07) is 11.6. The van der Waals surface area contributed by atoms with Crippen LogP contribution in [0.3, 0.4) is 0 Å². The Morgan fingerprint density at radius 1 is 1.17 bits per heavy atom. The Hall–Kier alpha value is -3.17. The topological polar surface area (TPSA) is 90.5 Å². The van der Waals surface area contributed by atoms with Crippen molar-refractivity contribution in [2.75, 3.05) is 0 Å². The fourth-order valence-electron chi connectivity index (χ4n) is 2.82. The van der Waals surface area contributed by atoms with Crippen LogP contribution in [0.25, 0.3) is 27.5 Å². The normalized spacial score (nSPS) is 11.1. The van der Waals surface area contributed by atoms with E-state index in [0.29, 0.717) is 32.4 Å². The predicted molar refractivity (Wildman–Crippen MR) is 88.2 cm³/mol. The summed E-state index contributed by atoms with van der Waals surface area (Å²) in [6.07, 6.45) is 0. The maximum absolute atomic E-state index is 12.8. The van der Waals surface area contributed by atoms with Crippen LogP contribution in [0, 0.1) is 16.2 Å². The predicted octanol–water partition coefficient (Wildman–Crippen LogP) is 3.86. The second kappa shape index (κ2) is 4.66. The largest absolute Gasteiger partial charge is 0.339 e. The van der Waals surface area contributed by atoms with Crippen molar-refractivity contribution in [3.63, 3.8) is 0 Å². The number of hydrogen-bond acceptors (Lipinski definition) is 4. The molecule has 0 spiro atoms. The number of nitroso groups, excluding NO2 is 1. The quantitative estimate of drug-likeness (QED) is 0.539. The molecule has 0 aliphatic rings. The molecule has 0 saturated carbocycles. The van der Waals surface area contributed by atoms with E-state index in [1.54, 1.807) is 36.4 Å². The Kier molecular flexibility index (Phi) is 2.73. The highest BCUT2D eigenvalue weighted by molar-refractivity contribution is 6.31. The second-order valence-electron chi connectivity index (χ2n) is 5.09. The van der Waals surface area contributed by atoms with Crippen molar-refractivity contribution >= 4 is 44.7 Å². The number of halogens is 1. The lowest BCUT2D eigenvalue weighted by Crippen LogP contribution is -2.13. The third kappa shape index (κ3) is 1.77. The Bertz CT molecular complexity index is 1230. The maximum atomic E-state index is 12.8. The number of nitrogens with zero attached hydrogens (tertiary/aromatic N) is 3. The first-order valence-electron chi connectivity index (χ1n) is 6.67. The monoisotopic (exact) mass is 322 g/mol. The molecule has 0 radical (unpaired) electrons. The SMILES string of the molecule is N#Cc1ccc2c(c1)c(N=O)c1[nH]c3cc(Cl)ccc3c(=O)n12. The number of hydrogen-bond donors (Lipinski definition) is 1. The van der Waals surface area contributed by atoms with Gasteiger partial charge in [-0.25, -0.2) is 0 Å². The molecular weight excluding hydrogens is 316 g/mol. The smallest absolute Gasteiger partial charge is 0.266 e. The Morgan fingerprint density at radius 2 is 2.00 bits per heavy atom. The summed E-state index contributed by atoms with van der Waals surface area (Å²) in [5.74, 6) is 0. The minimum absolute atomic E-state index is 0.0936. The van der Waals surface area contributed by atoms with Gasteiger partial charge < -0.3 is 4.98 Å². The third-order valence-corrected chi connectivity index (χ3v) is 4.06. The molecular formula is C16H7ClN4O2. The molecule has 0 amide bonds. The number of nitrogens with one attached hydrogen (secondary N) is 1. The molecule has 2 heterocycles. The minimum Gasteiger partial charge on any atom is -0.339 e. The van der Waals surface area contributed by atoms with Gasteiger partial charge in [0.1, 0.15) is 5.65 Å². The molecule has 0 fully saturated rings. The second-order valence-corrected chi connectivity index (χ2v) is 5.52. The molecule has 0 aliphatic carbocycles. The van der Waals surface area contributed by atoms with Crippen LogP contribution in [0.5, 0.6) is 0 Å². The molecule has 2 aromatic carbocycles. The summed E-state index contributed by atoms with van der Waals surface area (Å²) in [7, 11) is 0. The summed E-state index contributed by atoms with van der Waals surface area (Å²) in [5, 5.41) is 13.4. The van der Waals surface area contributed by atoms with Crippen LogP contribution >= 0.6 is 11.6 Å². The summed E-state index contributed by atoms with van der Waals surface area (Å²) in [4.78, 5) is 27.1. The standard InChI is InChI=1S/C16H7ClN4O2/c17-9-2-3-10-12(6-9)19-15-14(20-23)11-5-8(7-18)1-4-13(11)21(15)16(10)22/h1-6,19H. The van der Waals surface area contributed by atoms with Crippen LogP contribution in [0.1, 0.15) is 5.56 Å². The molecule has 4 aromatic rings. The van der Waals surface area contributed by atoms with E-state index >= 15 is 0 Å². The molecule has 110 valence electrons. The van der Waals surface area contributed by atoms with Gasteiger partial charge in [-0.1, -0.05) is 11.6 Å². The van der Waals surface area contributed by atoms with E-state index < -0.39 is 0 Å². The lowest BCUT2D eigenvalue weighted by atomic mass is 10.1. The summed E-state index contributed by atoms with van der Waals surface area (Å²) >= 11 is 5.96. The van der Waals surface area contributed by atoms with Gasteiger partial charge >= 0.3 is 0 Å². The van der Waals surface area contributed by atoms with Crippen LogP contribution in [0.15, 0.2) is 46.4 Å². The van der Waals surface area contributed by atoms with Crippen LogP contribution in [0.2, 0.25) is 5.02 Å². The van der Waals surface area contributed by atoms with Crippen molar-refractivity contribution in [1.82, 2.24) is 9.38 Å². The average molecular weight is 323 g/mol.